The molecule has 3 N–H and O–H groups in total. The van der Waals surface area contributed by atoms with Crippen LogP contribution in [0.4, 0.5) is 0 Å². The molecule has 0 radical (unpaired) electrons. The minimum Gasteiger partial charge on any atom is -0.486 e. The molecule has 0 aromatic heterocycles. The van der Waals surface area contributed by atoms with Crippen molar-refractivity contribution in [1.82, 2.24) is 0 Å². The number of aryl methyl sites for hydroxylation is 1. The van der Waals surface area contributed by atoms with Crippen LogP contribution in [-0.4, -0.2) is 23.9 Å². The molecule has 0 amide bonds. The largest absolute Gasteiger partial charge is 0.486 e. The number of aliphatic hydroxyl groups is 1. The highest BCUT2D eigenvalue weighted by Gasteiger charge is 2.17. The predicted molar refractivity (Wildman–Crippen MR) is 70.4 cm³/mol. The molecule has 3 nitrogen and oxygen atoms in total. The van der Waals surface area contributed by atoms with Crippen LogP contribution >= 0.6 is 0 Å². The fourth-order valence-electron chi connectivity index (χ4n) is 1.69. The molecule has 0 spiro atoms. The maximum absolute atomic E-state index is 9.25. The number of rotatable bonds is 5. The summed E-state index contributed by atoms with van der Waals surface area (Å²) in [5.41, 5.74) is 8.07. The summed E-state index contributed by atoms with van der Waals surface area (Å²) in [5.74, 6) is 1.22. The van der Waals surface area contributed by atoms with Crippen molar-refractivity contribution in [3.8, 4) is 5.75 Å². The van der Waals surface area contributed by atoms with Crippen molar-refractivity contribution >= 4 is 0 Å². The molecular weight excluding hydrogens is 214 g/mol. The number of aliphatic hydroxyl groups excluding tert-OH is 1. The van der Waals surface area contributed by atoms with Gasteiger partial charge in [-0.15, -0.1) is 0 Å². The molecular formula is C14H23NO2. The molecule has 0 saturated heterocycles. The molecule has 3 heteroatoms. The first-order chi connectivity index (χ1) is 7.95. The molecule has 0 aliphatic rings. The second kappa shape index (κ2) is 6.03. The van der Waals surface area contributed by atoms with E-state index in [1.54, 1.807) is 0 Å². The van der Waals surface area contributed by atoms with Gasteiger partial charge in [-0.1, -0.05) is 26.0 Å². The fraction of sp³-hybridized carbons (Fsp3) is 0.571. The smallest absolute Gasteiger partial charge is 0.136 e. The molecule has 0 heterocycles. The van der Waals surface area contributed by atoms with Crippen molar-refractivity contribution in [2.24, 2.45) is 5.73 Å². The summed E-state index contributed by atoms with van der Waals surface area (Å²) >= 11 is 0. The molecule has 0 saturated carbocycles. The van der Waals surface area contributed by atoms with E-state index in [1.807, 2.05) is 19.9 Å². The normalized spacial score (nSPS) is 14.8. The zero-order chi connectivity index (χ0) is 13.0. The first-order valence-electron chi connectivity index (χ1n) is 6.09. The molecule has 1 rings (SSSR count). The third-order valence-electron chi connectivity index (χ3n) is 2.84. The van der Waals surface area contributed by atoms with E-state index in [9.17, 15) is 5.11 Å². The van der Waals surface area contributed by atoms with Crippen LogP contribution in [-0.2, 0) is 0 Å². The lowest BCUT2D eigenvalue weighted by molar-refractivity contribution is 0.0979. The van der Waals surface area contributed by atoms with Gasteiger partial charge in [-0.2, -0.15) is 0 Å². The Kier molecular flexibility index (Phi) is 4.97. The van der Waals surface area contributed by atoms with Crippen molar-refractivity contribution < 1.29 is 9.84 Å². The van der Waals surface area contributed by atoms with Crippen LogP contribution in [0.25, 0.3) is 0 Å². The summed E-state index contributed by atoms with van der Waals surface area (Å²) in [6, 6.07) is 5.95. The van der Waals surface area contributed by atoms with E-state index in [4.69, 9.17) is 10.5 Å². The summed E-state index contributed by atoms with van der Waals surface area (Å²) in [6.45, 7) is 8.04. The Morgan fingerprint density at radius 2 is 1.94 bits per heavy atom. The Labute approximate surface area is 104 Å². The number of hydrogen-bond donors (Lipinski definition) is 2. The van der Waals surface area contributed by atoms with E-state index in [1.165, 1.54) is 0 Å². The second-order valence-corrected chi connectivity index (χ2v) is 4.89. The monoisotopic (exact) mass is 237 g/mol. The van der Waals surface area contributed by atoms with Gasteiger partial charge >= 0.3 is 0 Å². The second-order valence-electron chi connectivity index (χ2n) is 4.89. The van der Waals surface area contributed by atoms with E-state index in [2.05, 4.69) is 26.0 Å². The number of benzene rings is 1. The summed E-state index contributed by atoms with van der Waals surface area (Å²) in [7, 11) is 0. The molecule has 0 fully saturated rings. The van der Waals surface area contributed by atoms with Crippen LogP contribution in [0, 0.1) is 6.92 Å². The van der Waals surface area contributed by atoms with Gasteiger partial charge in [0, 0.05) is 6.04 Å². The Balaban J connectivity index is 2.98. The number of ether oxygens (including phenoxy) is 1. The quantitative estimate of drug-likeness (QED) is 0.825. The van der Waals surface area contributed by atoms with Crippen LogP contribution in [0.3, 0.4) is 0 Å². The van der Waals surface area contributed by atoms with E-state index in [0.29, 0.717) is 5.92 Å². The van der Waals surface area contributed by atoms with Gasteiger partial charge in [-0.05, 0) is 37.0 Å². The summed E-state index contributed by atoms with van der Waals surface area (Å²) < 4.78 is 5.82. The summed E-state index contributed by atoms with van der Waals surface area (Å²) in [5, 5.41) is 9.25. The zero-order valence-electron chi connectivity index (χ0n) is 11.1. The van der Waals surface area contributed by atoms with Gasteiger partial charge in [0.05, 0.1) is 6.61 Å². The van der Waals surface area contributed by atoms with E-state index >= 15 is 0 Å². The van der Waals surface area contributed by atoms with Crippen LogP contribution in [0.1, 0.15) is 37.8 Å². The Morgan fingerprint density at radius 1 is 1.29 bits per heavy atom. The third kappa shape index (κ3) is 3.72. The molecule has 17 heavy (non-hydrogen) atoms. The highest BCUT2D eigenvalue weighted by molar-refractivity contribution is 5.39. The van der Waals surface area contributed by atoms with Crippen LogP contribution in [0.5, 0.6) is 5.75 Å². The Bertz CT molecular complexity index is 361. The van der Waals surface area contributed by atoms with Crippen LogP contribution in [0.15, 0.2) is 18.2 Å². The first kappa shape index (κ1) is 14.0. The van der Waals surface area contributed by atoms with Crippen molar-refractivity contribution in [1.29, 1.82) is 0 Å². The highest BCUT2D eigenvalue weighted by Crippen LogP contribution is 2.28. The molecule has 0 bridgehead atoms. The van der Waals surface area contributed by atoms with Crippen LogP contribution in [0.2, 0.25) is 0 Å². The molecule has 2 unspecified atom stereocenters. The van der Waals surface area contributed by atoms with Gasteiger partial charge in [0.15, 0.2) is 0 Å². The lowest BCUT2D eigenvalue weighted by Gasteiger charge is -2.23. The lowest BCUT2D eigenvalue weighted by atomic mass is 10.0. The maximum atomic E-state index is 9.25. The van der Waals surface area contributed by atoms with Gasteiger partial charge in [-0.3, -0.25) is 0 Å². The third-order valence-corrected chi connectivity index (χ3v) is 2.84. The summed E-state index contributed by atoms with van der Waals surface area (Å²) in [6.07, 6.45) is -0.353. The van der Waals surface area contributed by atoms with E-state index in [-0.39, 0.29) is 18.8 Å². The SMILES string of the molecule is Cc1ccc(C(C)C)c(OC(CO)C(C)N)c1. The Hall–Kier alpha value is -1.06. The maximum Gasteiger partial charge on any atom is 0.136 e. The predicted octanol–water partition coefficient (Wildman–Crippen LogP) is 2.21. The van der Waals surface area contributed by atoms with Gasteiger partial charge in [-0.25, -0.2) is 0 Å². The number of hydrogen-bond acceptors (Lipinski definition) is 3. The molecule has 1 aromatic rings. The minimum absolute atomic E-state index is 0.0663. The standard InChI is InChI=1S/C14H23NO2/c1-9(2)12-6-5-10(3)7-13(12)17-14(8-16)11(4)15/h5-7,9,11,14,16H,8,15H2,1-4H3. The van der Waals surface area contributed by atoms with Crippen molar-refractivity contribution in [3.05, 3.63) is 29.3 Å². The molecule has 96 valence electrons. The zero-order valence-corrected chi connectivity index (χ0v) is 11.1. The van der Waals surface area contributed by atoms with Crippen molar-refractivity contribution in [3.63, 3.8) is 0 Å². The van der Waals surface area contributed by atoms with E-state index in [0.717, 1.165) is 16.9 Å². The van der Waals surface area contributed by atoms with Gasteiger partial charge < -0.3 is 15.6 Å². The summed E-state index contributed by atoms with van der Waals surface area (Å²) in [4.78, 5) is 0. The van der Waals surface area contributed by atoms with E-state index < -0.39 is 0 Å². The minimum atomic E-state index is -0.353. The molecule has 1 aromatic carbocycles. The highest BCUT2D eigenvalue weighted by atomic mass is 16.5. The fourth-order valence-corrected chi connectivity index (χ4v) is 1.69. The topological polar surface area (TPSA) is 55.5 Å². The molecule has 2 atom stereocenters. The van der Waals surface area contributed by atoms with Crippen LogP contribution < -0.4 is 10.5 Å². The van der Waals surface area contributed by atoms with Gasteiger partial charge in [0.1, 0.15) is 11.9 Å². The number of nitrogens with two attached hydrogens (primary N) is 1. The van der Waals surface area contributed by atoms with Crippen molar-refractivity contribution in [2.45, 2.75) is 45.8 Å². The first-order valence-corrected chi connectivity index (χ1v) is 6.09. The average Bonchev–Trinajstić information content (AvgIpc) is 2.25. The van der Waals surface area contributed by atoms with Gasteiger partial charge in [0.25, 0.3) is 0 Å². The Morgan fingerprint density at radius 3 is 2.41 bits per heavy atom. The van der Waals surface area contributed by atoms with Crippen molar-refractivity contribution in [2.75, 3.05) is 6.61 Å². The lowest BCUT2D eigenvalue weighted by Crippen LogP contribution is -2.39. The average molecular weight is 237 g/mol. The molecule has 0 aliphatic carbocycles. The van der Waals surface area contributed by atoms with Gasteiger partial charge in [0.2, 0.25) is 0 Å². The molecule has 0 aliphatic heterocycles.